The van der Waals surface area contributed by atoms with Crippen LogP contribution in [0.4, 0.5) is 0 Å². The maximum absolute atomic E-state index is 3.45. The van der Waals surface area contributed by atoms with Crippen LogP contribution in [0.1, 0.15) is 20.3 Å². The molecule has 0 heterocycles. The van der Waals surface area contributed by atoms with Crippen LogP contribution in [0.15, 0.2) is 0 Å². The number of hydrogen-bond donors (Lipinski definition) is 0. The lowest BCUT2D eigenvalue weighted by Gasteiger charge is -1.94. The molecule has 1 unspecified atom stereocenters. The van der Waals surface area contributed by atoms with Crippen molar-refractivity contribution >= 4 is 15.9 Å². The van der Waals surface area contributed by atoms with E-state index in [1.54, 1.807) is 0 Å². The van der Waals surface area contributed by atoms with Gasteiger partial charge in [0.1, 0.15) is 0 Å². The SMILES string of the molecule is CC1(C)CC1CBr. The Balaban J connectivity index is 2.30. The van der Waals surface area contributed by atoms with Gasteiger partial charge in [-0.05, 0) is 17.8 Å². The highest BCUT2D eigenvalue weighted by Crippen LogP contribution is 2.52. The lowest BCUT2D eigenvalue weighted by Crippen LogP contribution is -1.88. The third-order valence-electron chi connectivity index (χ3n) is 1.90. The van der Waals surface area contributed by atoms with Crippen molar-refractivity contribution in [2.45, 2.75) is 20.3 Å². The normalized spacial score (nSPS) is 35.6. The maximum atomic E-state index is 3.45. The van der Waals surface area contributed by atoms with Crippen molar-refractivity contribution in [3.63, 3.8) is 0 Å². The van der Waals surface area contributed by atoms with E-state index in [4.69, 9.17) is 0 Å². The van der Waals surface area contributed by atoms with Gasteiger partial charge in [-0.1, -0.05) is 29.8 Å². The van der Waals surface area contributed by atoms with E-state index < -0.39 is 0 Å². The summed E-state index contributed by atoms with van der Waals surface area (Å²) < 4.78 is 0. The molecule has 0 spiro atoms. The van der Waals surface area contributed by atoms with Gasteiger partial charge < -0.3 is 0 Å². The summed E-state index contributed by atoms with van der Waals surface area (Å²) in [4.78, 5) is 0. The molecular formula is C6H11Br. The Bertz CT molecular complexity index is 76.2. The highest BCUT2D eigenvalue weighted by Gasteiger charge is 2.44. The fraction of sp³-hybridized carbons (Fsp3) is 1.00. The van der Waals surface area contributed by atoms with E-state index in [9.17, 15) is 0 Å². The second kappa shape index (κ2) is 1.48. The molecule has 0 amide bonds. The quantitative estimate of drug-likeness (QED) is 0.520. The molecule has 42 valence electrons. The molecule has 1 fully saturated rings. The van der Waals surface area contributed by atoms with Crippen molar-refractivity contribution in [1.29, 1.82) is 0 Å². The van der Waals surface area contributed by atoms with Gasteiger partial charge in [0.15, 0.2) is 0 Å². The fourth-order valence-electron chi connectivity index (χ4n) is 0.840. The molecule has 0 aromatic carbocycles. The molecule has 0 saturated heterocycles. The minimum atomic E-state index is 0.670. The van der Waals surface area contributed by atoms with E-state index >= 15 is 0 Å². The molecule has 1 rings (SSSR count). The van der Waals surface area contributed by atoms with Crippen LogP contribution < -0.4 is 0 Å². The Labute approximate surface area is 53.4 Å². The van der Waals surface area contributed by atoms with Crippen molar-refractivity contribution in [3.05, 3.63) is 0 Å². The molecule has 0 aromatic rings. The number of rotatable bonds is 1. The van der Waals surface area contributed by atoms with Crippen molar-refractivity contribution < 1.29 is 0 Å². The molecule has 0 radical (unpaired) electrons. The Morgan fingerprint density at radius 3 is 2.14 bits per heavy atom. The predicted octanol–water partition coefficient (Wildman–Crippen LogP) is 2.43. The first-order valence-electron chi connectivity index (χ1n) is 2.73. The second-order valence-electron chi connectivity index (χ2n) is 3.04. The number of hydrogen-bond acceptors (Lipinski definition) is 0. The molecular weight excluding hydrogens is 152 g/mol. The van der Waals surface area contributed by atoms with Crippen molar-refractivity contribution in [2.75, 3.05) is 5.33 Å². The maximum Gasteiger partial charge on any atom is 0.00649 e. The molecule has 1 heteroatoms. The molecule has 7 heavy (non-hydrogen) atoms. The Morgan fingerprint density at radius 1 is 1.71 bits per heavy atom. The largest absolute Gasteiger partial charge is 0.0925 e. The molecule has 1 aliphatic carbocycles. The predicted molar refractivity (Wildman–Crippen MR) is 35.7 cm³/mol. The summed E-state index contributed by atoms with van der Waals surface area (Å²) in [6, 6.07) is 0. The van der Waals surface area contributed by atoms with Gasteiger partial charge in [0.2, 0.25) is 0 Å². The van der Waals surface area contributed by atoms with Crippen LogP contribution >= 0.6 is 15.9 Å². The van der Waals surface area contributed by atoms with Crippen molar-refractivity contribution in [2.24, 2.45) is 11.3 Å². The average Bonchev–Trinajstić information content (AvgIpc) is 2.13. The van der Waals surface area contributed by atoms with Gasteiger partial charge in [-0.3, -0.25) is 0 Å². The van der Waals surface area contributed by atoms with Crippen LogP contribution in [0.2, 0.25) is 0 Å². The van der Waals surface area contributed by atoms with E-state index in [-0.39, 0.29) is 0 Å². The molecule has 0 aliphatic heterocycles. The van der Waals surface area contributed by atoms with Gasteiger partial charge in [0, 0.05) is 5.33 Å². The topological polar surface area (TPSA) is 0 Å². The highest BCUT2D eigenvalue weighted by atomic mass is 79.9. The van der Waals surface area contributed by atoms with E-state index in [1.807, 2.05) is 0 Å². The van der Waals surface area contributed by atoms with Gasteiger partial charge in [-0.15, -0.1) is 0 Å². The fourth-order valence-corrected chi connectivity index (χ4v) is 1.94. The summed E-state index contributed by atoms with van der Waals surface area (Å²) in [6.07, 6.45) is 1.41. The summed E-state index contributed by atoms with van der Waals surface area (Å²) >= 11 is 3.45. The van der Waals surface area contributed by atoms with Crippen LogP contribution in [0, 0.1) is 11.3 Å². The molecule has 0 nitrogen and oxygen atoms in total. The molecule has 0 bridgehead atoms. The lowest BCUT2D eigenvalue weighted by molar-refractivity contribution is 0.591. The van der Waals surface area contributed by atoms with Crippen LogP contribution in [0.3, 0.4) is 0 Å². The Hall–Kier alpha value is 0.480. The standard InChI is InChI=1S/C6H11Br/c1-6(2)3-5(6)4-7/h5H,3-4H2,1-2H3. The summed E-state index contributed by atoms with van der Waals surface area (Å²) in [7, 11) is 0. The van der Waals surface area contributed by atoms with Crippen LogP contribution in [0.5, 0.6) is 0 Å². The Kier molecular flexibility index (Phi) is 1.18. The third-order valence-corrected chi connectivity index (χ3v) is 2.69. The first-order chi connectivity index (χ1) is 3.17. The van der Waals surface area contributed by atoms with E-state index in [1.165, 1.54) is 11.8 Å². The minimum absolute atomic E-state index is 0.670. The first-order valence-corrected chi connectivity index (χ1v) is 3.85. The van der Waals surface area contributed by atoms with Gasteiger partial charge in [-0.2, -0.15) is 0 Å². The summed E-state index contributed by atoms with van der Waals surface area (Å²) in [6.45, 7) is 4.64. The van der Waals surface area contributed by atoms with Crippen LogP contribution in [-0.4, -0.2) is 5.33 Å². The molecule has 1 atom stereocenters. The van der Waals surface area contributed by atoms with E-state index in [0.717, 1.165) is 5.92 Å². The van der Waals surface area contributed by atoms with Gasteiger partial charge in [-0.25, -0.2) is 0 Å². The van der Waals surface area contributed by atoms with Crippen LogP contribution in [-0.2, 0) is 0 Å². The molecule has 1 saturated carbocycles. The van der Waals surface area contributed by atoms with Crippen LogP contribution in [0.25, 0.3) is 0 Å². The molecule has 0 N–H and O–H groups in total. The molecule has 0 aromatic heterocycles. The summed E-state index contributed by atoms with van der Waals surface area (Å²) in [5, 5.41) is 1.19. The van der Waals surface area contributed by atoms with Crippen molar-refractivity contribution in [1.82, 2.24) is 0 Å². The monoisotopic (exact) mass is 162 g/mol. The highest BCUT2D eigenvalue weighted by molar-refractivity contribution is 9.09. The van der Waals surface area contributed by atoms with E-state index in [2.05, 4.69) is 29.8 Å². The second-order valence-corrected chi connectivity index (χ2v) is 3.69. The summed E-state index contributed by atoms with van der Waals surface area (Å²) in [5.41, 5.74) is 0.670. The minimum Gasteiger partial charge on any atom is -0.0925 e. The number of halogens is 1. The van der Waals surface area contributed by atoms with Gasteiger partial charge in [0.25, 0.3) is 0 Å². The zero-order valence-corrected chi connectivity index (χ0v) is 6.46. The van der Waals surface area contributed by atoms with Gasteiger partial charge >= 0.3 is 0 Å². The zero-order chi connectivity index (χ0) is 5.49. The molecule has 1 aliphatic rings. The number of alkyl halides is 1. The first kappa shape index (κ1) is 5.61. The lowest BCUT2D eigenvalue weighted by atomic mass is 10.1. The van der Waals surface area contributed by atoms with E-state index in [0.29, 0.717) is 5.41 Å². The smallest absolute Gasteiger partial charge is 0.00649 e. The van der Waals surface area contributed by atoms with Crippen molar-refractivity contribution in [3.8, 4) is 0 Å². The average molecular weight is 163 g/mol. The summed E-state index contributed by atoms with van der Waals surface area (Å²) in [5.74, 6) is 0.965. The Morgan fingerprint density at radius 2 is 2.14 bits per heavy atom. The van der Waals surface area contributed by atoms with Gasteiger partial charge in [0.05, 0.1) is 0 Å². The third kappa shape index (κ3) is 0.987. The zero-order valence-electron chi connectivity index (χ0n) is 4.87.